The lowest BCUT2D eigenvalue weighted by molar-refractivity contribution is -0.386. The van der Waals surface area contributed by atoms with Gasteiger partial charge in [-0.2, -0.15) is 0 Å². The number of likely N-dealkylation sites (tertiary alicyclic amines) is 1. The average molecular weight is 406 g/mol. The van der Waals surface area contributed by atoms with Crippen LogP contribution in [0.3, 0.4) is 0 Å². The summed E-state index contributed by atoms with van der Waals surface area (Å²) in [4.78, 5) is 37.8. The van der Waals surface area contributed by atoms with Crippen molar-refractivity contribution >= 4 is 22.5 Å². The number of carbonyl (C=O) groups is 1. The van der Waals surface area contributed by atoms with E-state index in [4.69, 9.17) is 0 Å². The minimum atomic E-state index is -0.624. The number of nitro groups is 1. The van der Waals surface area contributed by atoms with Crippen molar-refractivity contribution in [2.24, 2.45) is 5.92 Å². The summed E-state index contributed by atoms with van der Waals surface area (Å²) in [6, 6.07) is 13.1. The number of hydrogen-bond donors (Lipinski definition) is 0. The summed E-state index contributed by atoms with van der Waals surface area (Å²) in [7, 11) is 0. The van der Waals surface area contributed by atoms with Crippen LogP contribution in [0.4, 0.5) is 5.69 Å². The average Bonchev–Trinajstić information content (AvgIpc) is 3.15. The fraction of sp³-hybridized carbons (Fsp3) is 0.364. The Morgan fingerprint density at radius 1 is 1.10 bits per heavy atom. The first-order valence-corrected chi connectivity index (χ1v) is 10.2. The molecule has 4 heterocycles. The molecule has 8 nitrogen and oxygen atoms in total. The zero-order valence-corrected chi connectivity index (χ0v) is 16.4. The molecular weight excluding hydrogens is 384 g/mol. The van der Waals surface area contributed by atoms with Gasteiger partial charge < -0.3 is 14.0 Å². The number of aryl methyl sites for hydroxylation is 1. The van der Waals surface area contributed by atoms with Crippen LogP contribution in [0, 0.1) is 16.0 Å². The number of hydrogen-bond acceptors (Lipinski definition) is 4. The molecule has 1 amide bonds. The Labute approximate surface area is 172 Å². The first kappa shape index (κ1) is 18.6. The highest BCUT2D eigenvalue weighted by molar-refractivity contribution is 5.80. The molecule has 0 saturated carbocycles. The topological polar surface area (TPSA) is 90.4 Å². The molecule has 0 aliphatic carbocycles. The summed E-state index contributed by atoms with van der Waals surface area (Å²) >= 11 is 0. The molecule has 0 N–H and O–H groups in total. The monoisotopic (exact) mass is 406 g/mol. The number of pyridine rings is 1. The van der Waals surface area contributed by atoms with Gasteiger partial charge in [0.25, 0.3) is 0 Å². The molecule has 5 rings (SSSR count). The van der Waals surface area contributed by atoms with Gasteiger partial charge in [-0.3, -0.25) is 19.7 Å². The molecule has 1 saturated heterocycles. The smallest absolute Gasteiger partial charge is 0.334 e. The highest BCUT2D eigenvalue weighted by Gasteiger charge is 2.37. The van der Waals surface area contributed by atoms with Crippen molar-refractivity contribution < 1.29 is 9.72 Å². The summed E-state index contributed by atoms with van der Waals surface area (Å²) in [5.74, 6) is 0.301. The lowest BCUT2D eigenvalue weighted by Crippen LogP contribution is -2.49. The lowest BCUT2D eigenvalue weighted by Gasteiger charge is -2.42. The Hall–Kier alpha value is -3.42. The fourth-order valence-electron chi connectivity index (χ4n) is 4.99. The number of aromatic nitrogens is 2. The standard InChI is InChI=1S/C22H22N4O4/c27-21(8-10-23-9-7-16-3-1-2-4-18(16)23)24-12-15-11-17(14-24)19-5-6-20(26(29)30)22(28)25(19)13-15/h1-7,9,15,17H,8,10-14H2/t15-,17+/m0/s1. The number of fused-ring (bicyclic) bond motifs is 5. The number of rotatable bonds is 4. The Bertz CT molecular complexity index is 1210. The summed E-state index contributed by atoms with van der Waals surface area (Å²) in [5.41, 5.74) is 1.00. The molecule has 1 aromatic carbocycles. The first-order chi connectivity index (χ1) is 14.5. The largest absolute Gasteiger partial charge is 0.347 e. The van der Waals surface area contributed by atoms with E-state index in [1.165, 1.54) is 6.07 Å². The van der Waals surface area contributed by atoms with E-state index in [1.807, 2.05) is 23.2 Å². The van der Waals surface area contributed by atoms with E-state index in [9.17, 15) is 19.7 Å². The molecule has 2 atom stereocenters. The van der Waals surface area contributed by atoms with Crippen molar-refractivity contribution in [2.45, 2.75) is 31.8 Å². The Morgan fingerprint density at radius 2 is 1.93 bits per heavy atom. The van der Waals surface area contributed by atoms with Crippen LogP contribution in [0.1, 0.15) is 24.5 Å². The van der Waals surface area contributed by atoms with Gasteiger partial charge in [-0.15, -0.1) is 0 Å². The molecule has 8 heteroatoms. The van der Waals surface area contributed by atoms with Crippen LogP contribution in [0.5, 0.6) is 0 Å². The maximum atomic E-state index is 12.9. The van der Waals surface area contributed by atoms with Crippen molar-refractivity contribution in [1.29, 1.82) is 0 Å². The van der Waals surface area contributed by atoms with Gasteiger partial charge in [0.2, 0.25) is 5.91 Å². The normalized spacial score (nSPS) is 20.2. The van der Waals surface area contributed by atoms with Gasteiger partial charge in [-0.25, -0.2) is 0 Å². The summed E-state index contributed by atoms with van der Waals surface area (Å²) < 4.78 is 3.65. The molecule has 2 bridgehead atoms. The van der Waals surface area contributed by atoms with Gasteiger partial charge in [0.05, 0.1) is 4.92 Å². The lowest BCUT2D eigenvalue weighted by atomic mass is 9.83. The third-order valence-corrected chi connectivity index (χ3v) is 6.38. The first-order valence-electron chi connectivity index (χ1n) is 10.2. The van der Waals surface area contributed by atoms with E-state index in [0.717, 1.165) is 23.0 Å². The molecule has 0 radical (unpaired) electrons. The molecule has 1 fully saturated rings. The number of carbonyl (C=O) groups excluding carboxylic acids is 1. The quantitative estimate of drug-likeness (QED) is 0.492. The molecular formula is C22H22N4O4. The second-order valence-electron chi connectivity index (χ2n) is 8.23. The van der Waals surface area contributed by atoms with Crippen molar-refractivity contribution in [3.8, 4) is 0 Å². The molecule has 30 heavy (non-hydrogen) atoms. The van der Waals surface area contributed by atoms with Crippen molar-refractivity contribution in [2.75, 3.05) is 13.1 Å². The Balaban J connectivity index is 1.31. The number of piperidine rings is 1. The van der Waals surface area contributed by atoms with Gasteiger partial charge >= 0.3 is 11.2 Å². The summed E-state index contributed by atoms with van der Waals surface area (Å²) in [6.07, 6.45) is 3.34. The number of amides is 1. The molecule has 2 aliphatic heterocycles. The third-order valence-electron chi connectivity index (χ3n) is 6.38. The molecule has 2 aliphatic rings. The molecule has 0 unspecified atom stereocenters. The van der Waals surface area contributed by atoms with Gasteiger partial charge in [0, 0.05) is 62.0 Å². The van der Waals surface area contributed by atoms with E-state index in [2.05, 4.69) is 22.8 Å². The van der Waals surface area contributed by atoms with E-state index in [0.29, 0.717) is 32.6 Å². The number of nitrogens with zero attached hydrogens (tertiary/aromatic N) is 4. The molecule has 0 spiro atoms. The van der Waals surface area contributed by atoms with Gasteiger partial charge in [0.15, 0.2) is 0 Å². The zero-order valence-electron chi connectivity index (χ0n) is 16.4. The van der Waals surface area contributed by atoms with Crippen LogP contribution >= 0.6 is 0 Å². The van der Waals surface area contributed by atoms with Crippen LogP contribution in [0.25, 0.3) is 10.9 Å². The number of para-hydroxylation sites is 1. The Morgan fingerprint density at radius 3 is 2.77 bits per heavy atom. The summed E-state index contributed by atoms with van der Waals surface area (Å²) in [6.45, 7) is 2.20. The highest BCUT2D eigenvalue weighted by Crippen LogP contribution is 2.35. The minimum Gasteiger partial charge on any atom is -0.347 e. The van der Waals surface area contributed by atoms with Crippen molar-refractivity contribution in [3.05, 3.63) is 74.8 Å². The molecule has 2 aromatic heterocycles. The zero-order chi connectivity index (χ0) is 20.8. The third kappa shape index (κ3) is 3.08. The minimum absolute atomic E-state index is 0.0439. The highest BCUT2D eigenvalue weighted by atomic mass is 16.6. The number of benzene rings is 1. The van der Waals surface area contributed by atoms with Crippen LogP contribution in [0.15, 0.2) is 53.5 Å². The maximum Gasteiger partial charge on any atom is 0.334 e. The molecule has 3 aromatic rings. The van der Waals surface area contributed by atoms with E-state index < -0.39 is 10.5 Å². The summed E-state index contributed by atoms with van der Waals surface area (Å²) in [5, 5.41) is 12.2. The Kier molecular flexibility index (Phi) is 4.42. The van der Waals surface area contributed by atoms with Gasteiger partial charge in [-0.05, 0) is 35.9 Å². The predicted molar refractivity (Wildman–Crippen MR) is 111 cm³/mol. The van der Waals surface area contributed by atoms with Crippen LogP contribution in [0.2, 0.25) is 0 Å². The van der Waals surface area contributed by atoms with Crippen molar-refractivity contribution in [1.82, 2.24) is 14.0 Å². The molecule has 154 valence electrons. The van der Waals surface area contributed by atoms with Crippen LogP contribution < -0.4 is 5.56 Å². The van der Waals surface area contributed by atoms with E-state index >= 15 is 0 Å². The van der Waals surface area contributed by atoms with Crippen LogP contribution in [-0.2, 0) is 17.9 Å². The second-order valence-corrected chi connectivity index (χ2v) is 8.23. The van der Waals surface area contributed by atoms with Gasteiger partial charge in [0.1, 0.15) is 0 Å². The predicted octanol–water partition coefficient (Wildman–Crippen LogP) is 2.75. The van der Waals surface area contributed by atoms with Crippen molar-refractivity contribution in [3.63, 3.8) is 0 Å². The fourth-order valence-corrected chi connectivity index (χ4v) is 4.99. The van der Waals surface area contributed by atoms with Crippen LogP contribution in [-0.4, -0.2) is 38.0 Å². The SMILES string of the molecule is O=C(CCn1ccc2ccccc21)N1C[C@@H]2C[C@H](C1)c1ccc([N+](=O)[O-])c(=O)n1C2. The van der Waals surface area contributed by atoms with Gasteiger partial charge in [-0.1, -0.05) is 18.2 Å². The second kappa shape index (κ2) is 7.12. The maximum absolute atomic E-state index is 12.9. The van der Waals surface area contributed by atoms with E-state index in [-0.39, 0.29) is 23.4 Å². The van der Waals surface area contributed by atoms with E-state index in [1.54, 1.807) is 10.6 Å².